The van der Waals surface area contributed by atoms with Gasteiger partial charge in [0.1, 0.15) is 5.75 Å². The third-order valence-corrected chi connectivity index (χ3v) is 5.81. The number of pyridine rings is 1. The second-order valence-corrected chi connectivity index (χ2v) is 8.07. The number of non-ortho nitro benzene ring substituents is 2. The number of hydrogen-bond acceptors (Lipinski definition) is 9. The highest BCUT2D eigenvalue weighted by molar-refractivity contribution is 7.22. The van der Waals surface area contributed by atoms with Crippen molar-refractivity contribution in [2.45, 2.75) is 13.5 Å². The van der Waals surface area contributed by atoms with Crippen LogP contribution in [0.5, 0.6) is 5.75 Å². The number of nitro groups is 2. The number of thiazole rings is 1. The zero-order chi connectivity index (χ0) is 24.2. The Bertz CT molecular complexity index is 1360. The van der Waals surface area contributed by atoms with Crippen molar-refractivity contribution in [3.05, 3.63) is 92.3 Å². The van der Waals surface area contributed by atoms with E-state index in [-0.39, 0.29) is 12.1 Å². The molecule has 0 atom stereocenters. The van der Waals surface area contributed by atoms with Gasteiger partial charge in [0.05, 0.1) is 44.8 Å². The zero-order valence-electron chi connectivity index (χ0n) is 17.8. The Balaban J connectivity index is 1.81. The summed E-state index contributed by atoms with van der Waals surface area (Å²) in [6, 6.07) is 11.7. The Morgan fingerprint density at radius 1 is 1.09 bits per heavy atom. The minimum Gasteiger partial charge on any atom is -0.494 e. The van der Waals surface area contributed by atoms with Gasteiger partial charge in [-0.15, -0.1) is 0 Å². The number of benzene rings is 2. The molecule has 0 N–H and O–H groups in total. The van der Waals surface area contributed by atoms with Crippen molar-refractivity contribution in [1.29, 1.82) is 0 Å². The molecule has 2 aromatic heterocycles. The van der Waals surface area contributed by atoms with Crippen LogP contribution < -0.4 is 9.64 Å². The molecule has 0 radical (unpaired) electrons. The fourth-order valence-corrected chi connectivity index (χ4v) is 4.24. The van der Waals surface area contributed by atoms with E-state index in [9.17, 15) is 25.0 Å². The van der Waals surface area contributed by atoms with Crippen LogP contribution >= 0.6 is 11.3 Å². The Kier molecular flexibility index (Phi) is 6.41. The molecule has 0 aliphatic carbocycles. The molecule has 0 bridgehead atoms. The predicted octanol–water partition coefficient (Wildman–Crippen LogP) is 4.75. The van der Waals surface area contributed by atoms with Gasteiger partial charge in [-0.05, 0) is 36.8 Å². The number of aromatic nitrogens is 2. The molecule has 0 aliphatic heterocycles. The summed E-state index contributed by atoms with van der Waals surface area (Å²) in [6.07, 6.45) is 3.17. The molecule has 4 rings (SSSR count). The number of amides is 1. The molecule has 0 fully saturated rings. The molecule has 34 heavy (non-hydrogen) atoms. The molecule has 0 aliphatic rings. The summed E-state index contributed by atoms with van der Waals surface area (Å²) in [7, 11) is 0. The van der Waals surface area contributed by atoms with Crippen molar-refractivity contribution in [1.82, 2.24) is 9.97 Å². The third-order valence-electron chi connectivity index (χ3n) is 4.77. The highest BCUT2D eigenvalue weighted by atomic mass is 32.1. The maximum atomic E-state index is 13.5. The molecule has 1 amide bonds. The minimum absolute atomic E-state index is 0.0568. The molecule has 12 heteroatoms. The van der Waals surface area contributed by atoms with Gasteiger partial charge in [-0.3, -0.25) is 34.9 Å². The molecular formula is C22H17N5O6S. The first-order chi connectivity index (χ1) is 16.4. The van der Waals surface area contributed by atoms with Gasteiger partial charge in [0, 0.05) is 24.5 Å². The minimum atomic E-state index is -0.776. The molecule has 4 aromatic rings. The number of anilines is 1. The van der Waals surface area contributed by atoms with Crippen molar-refractivity contribution >= 4 is 44.0 Å². The first-order valence-electron chi connectivity index (χ1n) is 10.0. The van der Waals surface area contributed by atoms with E-state index in [1.54, 1.807) is 36.7 Å². The summed E-state index contributed by atoms with van der Waals surface area (Å²) in [6.45, 7) is 2.42. The number of nitro benzene ring substituents is 2. The van der Waals surface area contributed by atoms with Gasteiger partial charge in [0.25, 0.3) is 17.3 Å². The molecule has 11 nitrogen and oxygen atoms in total. The number of hydrogen-bond donors (Lipinski definition) is 0. The SMILES string of the molecule is CCOc1ccc2nc(N(Cc3cccnc3)C(=O)c3cc([N+](=O)[O-])cc([N+](=O)[O-])c3)sc2c1. The summed E-state index contributed by atoms with van der Waals surface area (Å²) in [4.78, 5) is 44.6. The molecule has 0 saturated heterocycles. The van der Waals surface area contributed by atoms with Crippen LogP contribution in [0.3, 0.4) is 0 Å². The molecule has 0 saturated carbocycles. The standard InChI is InChI=1S/C22H17N5O6S/c1-2-33-18-5-6-19-20(11-18)34-22(24-19)25(13-14-4-3-7-23-12-14)21(28)15-8-16(26(29)30)10-17(9-15)27(31)32/h3-12H,2,13H2,1H3. The van der Waals surface area contributed by atoms with Crippen LogP contribution in [0.25, 0.3) is 10.2 Å². The van der Waals surface area contributed by atoms with Crippen LogP contribution in [0.2, 0.25) is 0 Å². The molecular weight excluding hydrogens is 462 g/mol. The highest BCUT2D eigenvalue weighted by Crippen LogP contribution is 2.34. The van der Waals surface area contributed by atoms with Crippen LogP contribution in [0, 0.1) is 20.2 Å². The average Bonchev–Trinajstić information content (AvgIpc) is 3.25. The highest BCUT2D eigenvalue weighted by Gasteiger charge is 2.26. The molecule has 2 aromatic carbocycles. The molecule has 2 heterocycles. The maximum Gasteiger partial charge on any atom is 0.277 e. The number of ether oxygens (including phenoxy) is 1. The first kappa shape index (κ1) is 22.7. The Hall–Kier alpha value is -4.45. The fraction of sp³-hybridized carbons (Fsp3) is 0.136. The van der Waals surface area contributed by atoms with Gasteiger partial charge in [0.15, 0.2) is 5.13 Å². The van der Waals surface area contributed by atoms with Gasteiger partial charge in [-0.1, -0.05) is 17.4 Å². The zero-order valence-corrected chi connectivity index (χ0v) is 18.6. The van der Waals surface area contributed by atoms with E-state index in [1.807, 2.05) is 13.0 Å². The number of rotatable bonds is 8. The van der Waals surface area contributed by atoms with Gasteiger partial charge in [-0.2, -0.15) is 0 Å². The van der Waals surface area contributed by atoms with Crippen LogP contribution in [0.4, 0.5) is 16.5 Å². The van der Waals surface area contributed by atoms with Crippen molar-refractivity contribution < 1.29 is 19.4 Å². The van der Waals surface area contributed by atoms with E-state index in [0.717, 1.165) is 22.9 Å². The summed E-state index contributed by atoms with van der Waals surface area (Å²) < 4.78 is 6.30. The van der Waals surface area contributed by atoms with E-state index in [0.29, 0.717) is 28.6 Å². The first-order valence-corrected chi connectivity index (χ1v) is 10.9. The lowest BCUT2D eigenvalue weighted by Gasteiger charge is -2.20. The van der Waals surface area contributed by atoms with Crippen molar-refractivity contribution in [2.75, 3.05) is 11.5 Å². The Labute approximate surface area is 196 Å². The topological polar surface area (TPSA) is 142 Å². The van der Waals surface area contributed by atoms with Gasteiger partial charge >= 0.3 is 0 Å². The largest absolute Gasteiger partial charge is 0.494 e. The van der Waals surface area contributed by atoms with Gasteiger partial charge in [0.2, 0.25) is 0 Å². The summed E-state index contributed by atoms with van der Waals surface area (Å²) in [5.41, 5.74) is 0.0237. The fourth-order valence-electron chi connectivity index (χ4n) is 3.25. The van der Waals surface area contributed by atoms with Crippen molar-refractivity contribution in [3.63, 3.8) is 0 Å². The van der Waals surface area contributed by atoms with E-state index >= 15 is 0 Å². The van der Waals surface area contributed by atoms with E-state index < -0.39 is 27.1 Å². The predicted molar refractivity (Wildman–Crippen MR) is 125 cm³/mol. The second-order valence-electron chi connectivity index (χ2n) is 7.06. The lowest BCUT2D eigenvalue weighted by molar-refractivity contribution is -0.394. The van der Waals surface area contributed by atoms with Crippen molar-refractivity contribution in [3.8, 4) is 5.75 Å². The summed E-state index contributed by atoms with van der Waals surface area (Å²) >= 11 is 1.23. The summed E-state index contributed by atoms with van der Waals surface area (Å²) in [5.74, 6) is -0.00983. The quantitative estimate of drug-likeness (QED) is 0.260. The lowest BCUT2D eigenvalue weighted by atomic mass is 10.1. The number of nitrogens with zero attached hydrogens (tertiary/aromatic N) is 5. The Morgan fingerprint density at radius 3 is 2.44 bits per heavy atom. The normalized spacial score (nSPS) is 10.7. The molecule has 172 valence electrons. The second kappa shape index (κ2) is 9.58. The molecule has 0 spiro atoms. The van der Waals surface area contributed by atoms with E-state index in [4.69, 9.17) is 4.74 Å². The van der Waals surface area contributed by atoms with Gasteiger partial charge in [-0.25, -0.2) is 4.98 Å². The number of carbonyl (C=O) groups is 1. The number of carbonyl (C=O) groups excluding carboxylic acids is 1. The van der Waals surface area contributed by atoms with Crippen LogP contribution in [0.15, 0.2) is 60.9 Å². The monoisotopic (exact) mass is 479 g/mol. The van der Waals surface area contributed by atoms with E-state index in [2.05, 4.69) is 9.97 Å². The maximum absolute atomic E-state index is 13.5. The van der Waals surface area contributed by atoms with Crippen molar-refractivity contribution in [2.24, 2.45) is 0 Å². The summed E-state index contributed by atoms with van der Waals surface area (Å²) in [5, 5.41) is 22.9. The smallest absolute Gasteiger partial charge is 0.277 e. The Morgan fingerprint density at radius 2 is 1.82 bits per heavy atom. The molecule has 0 unspecified atom stereocenters. The lowest BCUT2D eigenvalue weighted by Crippen LogP contribution is -2.30. The van der Waals surface area contributed by atoms with Crippen LogP contribution in [0.1, 0.15) is 22.8 Å². The van der Waals surface area contributed by atoms with Crippen LogP contribution in [-0.2, 0) is 6.54 Å². The van der Waals surface area contributed by atoms with Crippen LogP contribution in [-0.4, -0.2) is 32.3 Å². The van der Waals surface area contributed by atoms with E-state index in [1.165, 1.54) is 16.2 Å². The third kappa shape index (κ3) is 4.81. The van der Waals surface area contributed by atoms with Gasteiger partial charge < -0.3 is 4.74 Å². The average molecular weight is 479 g/mol. The number of fused-ring (bicyclic) bond motifs is 1.